The molecule has 1 rings (SSSR count). The zero-order valence-corrected chi connectivity index (χ0v) is 10.9. The maximum atomic E-state index is 10.9. The minimum absolute atomic E-state index is 0.0228. The lowest BCUT2D eigenvalue weighted by Crippen LogP contribution is -2.23. The topological polar surface area (TPSA) is 52.3 Å². The summed E-state index contributed by atoms with van der Waals surface area (Å²) in [6, 6.07) is 4.08. The van der Waals surface area contributed by atoms with Crippen molar-refractivity contribution in [2.24, 2.45) is 5.73 Å². The Morgan fingerprint density at radius 1 is 1.67 bits per heavy atom. The summed E-state index contributed by atoms with van der Waals surface area (Å²) in [6.07, 6.45) is 1.87. The van der Waals surface area contributed by atoms with E-state index in [4.69, 9.17) is 5.73 Å². The van der Waals surface area contributed by atoms with Gasteiger partial charge < -0.3 is 10.5 Å². The van der Waals surface area contributed by atoms with Crippen molar-refractivity contribution in [1.29, 1.82) is 0 Å². The second kappa shape index (κ2) is 6.25. The van der Waals surface area contributed by atoms with Crippen LogP contribution in [-0.4, -0.2) is 19.1 Å². The molecule has 0 spiro atoms. The quantitative estimate of drug-likeness (QED) is 0.847. The van der Waals surface area contributed by atoms with Crippen LogP contribution >= 0.6 is 27.3 Å². The molecular formula is C10H14BrNO2S. The highest BCUT2D eigenvalue weighted by molar-refractivity contribution is 9.11. The standard InChI is InChI=1S/C10H14BrNO2S/c1-14-10(13)5-2-7(12)6-8-3-4-9(11)15-8/h3-4,7H,2,5-6,12H2,1H3. The smallest absolute Gasteiger partial charge is 0.305 e. The number of thiophene rings is 1. The minimum atomic E-state index is -0.196. The molecule has 84 valence electrons. The van der Waals surface area contributed by atoms with Crippen molar-refractivity contribution in [3.63, 3.8) is 0 Å². The van der Waals surface area contributed by atoms with Gasteiger partial charge in [-0.2, -0.15) is 0 Å². The first-order chi connectivity index (χ1) is 7.11. The van der Waals surface area contributed by atoms with Gasteiger partial charge in [0.05, 0.1) is 10.9 Å². The number of hydrogen-bond donors (Lipinski definition) is 1. The molecule has 0 amide bonds. The summed E-state index contributed by atoms with van der Waals surface area (Å²) in [4.78, 5) is 12.1. The van der Waals surface area contributed by atoms with E-state index in [1.807, 2.05) is 12.1 Å². The van der Waals surface area contributed by atoms with Crippen LogP contribution < -0.4 is 5.73 Å². The van der Waals surface area contributed by atoms with Gasteiger partial charge in [-0.25, -0.2) is 0 Å². The Balaban J connectivity index is 2.30. The zero-order chi connectivity index (χ0) is 11.3. The molecule has 0 saturated heterocycles. The summed E-state index contributed by atoms with van der Waals surface area (Å²) in [5.41, 5.74) is 5.90. The van der Waals surface area contributed by atoms with Gasteiger partial charge in [0.1, 0.15) is 0 Å². The van der Waals surface area contributed by atoms with Gasteiger partial charge in [-0.1, -0.05) is 0 Å². The van der Waals surface area contributed by atoms with E-state index in [1.54, 1.807) is 11.3 Å². The third-order valence-corrected chi connectivity index (χ3v) is 3.69. The Labute approximate surface area is 102 Å². The van der Waals surface area contributed by atoms with E-state index < -0.39 is 0 Å². The molecule has 0 saturated carbocycles. The van der Waals surface area contributed by atoms with E-state index >= 15 is 0 Å². The number of carbonyl (C=O) groups excluding carboxylic acids is 1. The molecule has 2 N–H and O–H groups in total. The van der Waals surface area contributed by atoms with Gasteiger partial charge in [-0.3, -0.25) is 4.79 Å². The number of carbonyl (C=O) groups is 1. The van der Waals surface area contributed by atoms with Gasteiger partial charge in [0.25, 0.3) is 0 Å². The lowest BCUT2D eigenvalue weighted by Gasteiger charge is -2.08. The molecule has 5 heteroatoms. The average Bonchev–Trinajstić information content (AvgIpc) is 2.60. The third-order valence-electron chi connectivity index (χ3n) is 2.04. The minimum Gasteiger partial charge on any atom is -0.469 e. The number of halogens is 1. The van der Waals surface area contributed by atoms with Crippen molar-refractivity contribution in [2.75, 3.05) is 7.11 Å². The van der Waals surface area contributed by atoms with Gasteiger partial charge in [0.2, 0.25) is 0 Å². The van der Waals surface area contributed by atoms with Crippen LogP contribution in [0.25, 0.3) is 0 Å². The van der Waals surface area contributed by atoms with E-state index in [9.17, 15) is 4.79 Å². The second-order valence-electron chi connectivity index (χ2n) is 3.28. The average molecular weight is 292 g/mol. The summed E-state index contributed by atoms with van der Waals surface area (Å²) in [7, 11) is 1.39. The van der Waals surface area contributed by atoms with Crippen molar-refractivity contribution in [2.45, 2.75) is 25.3 Å². The maximum Gasteiger partial charge on any atom is 0.305 e. The van der Waals surface area contributed by atoms with Crippen LogP contribution in [0.5, 0.6) is 0 Å². The van der Waals surface area contributed by atoms with Crippen LogP contribution in [0.3, 0.4) is 0 Å². The number of esters is 1. The van der Waals surface area contributed by atoms with Crippen LogP contribution in [0.2, 0.25) is 0 Å². The summed E-state index contributed by atoms with van der Waals surface area (Å²) in [5.74, 6) is -0.196. The molecule has 1 aromatic rings. The molecule has 0 aliphatic rings. The Kier molecular flexibility index (Phi) is 5.28. The molecule has 0 aromatic carbocycles. The van der Waals surface area contributed by atoms with Crippen LogP contribution in [0, 0.1) is 0 Å². The lowest BCUT2D eigenvalue weighted by molar-refractivity contribution is -0.140. The molecule has 1 unspecified atom stereocenters. The molecule has 1 heterocycles. The van der Waals surface area contributed by atoms with E-state index in [1.165, 1.54) is 12.0 Å². The summed E-state index contributed by atoms with van der Waals surface area (Å²) in [5, 5.41) is 0. The highest BCUT2D eigenvalue weighted by atomic mass is 79.9. The van der Waals surface area contributed by atoms with Crippen molar-refractivity contribution >= 4 is 33.2 Å². The summed E-state index contributed by atoms with van der Waals surface area (Å²) < 4.78 is 5.66. The van der Waals surface area contributed by atoms with Gasteiger partial charge in [-0.05, 0) is 40.9 Å². The molecule has 3 nitrogen and oxygen atoms in total. The maximum absolute atomic E-state index is 10.9. The van der Waals surface area contributed by atoms with Gasteiger partial charge in [0.15, 0.2) is 0 Å². The summed E-state index contributed by atoms with van der Waals surface area (Å²) in [6.45, 7) is 0. The first-order valence-corrected chi connectivity index (χ1v) is 6.29. The molecule has 1 aromatic heterocycles. The molecule has 0 bridgehead atoms. The first kappa shape index (κ1) is 12.7. The Bertz CT molecular complexity index is 327. The fourth-order valence-corrected chi connectivity index (χ4v) is 2.80. The number of methoxy groups -OCH3 is 1. The molecule has 0 fully saturated rings. The van der Waals surface area contributed by atoms with Gasteiger partial charge in [0, 0.05) is 17.3 Å². The third kappa shape index (κ3) is 4.77. The SMILES string of the molecule is COC(=O)CCC(N)Cc1ccc(Br)s1. The van der Waals surface area contributed by atoms with Crippen LogP contribution in [0.4, 0.5) is 0 Å². The summed E-state index contributed by atoms with van der Waals surface area (Å²) >= 11 is 5.08. The highest BCUT2D eigenvalue weighted by Crippen LogP contribution is 2.23. The van der Waals surface area contributed by atoms with Crippen molar-refractivity contribution in [1.82, 2.24) is 0 Å². The lowest BCUT2D eigenvalue weighted by atomic mass is 10.1. The number of rotatable bonds is 5. The predicted molar refractivity (Wildman–Crippen MR) is 64.9 cm³/mol. The monoisotopic (exact) mass is 291 g/mol. The fourth-order valence-electron chi connectivity index (χ4n) is 1.23. The molecule has 15 heavy (non-hydrogen) atoms. The molecule has 1 atom stereocenters. The van der Waals surface area contributed by atoms with E-state index in [-0.39, 0.29) is 12.0 Å². The van der Waals surface area contributed by atoms with E-state index in [0.717, 1.165) is 10.2 Å². The number of ether oxygens (including phenoxy) is 1. The fraction of sp³-hybridized carbons (Fsp3) is 0.500. The van der Waals surface area contributed by atoms with E-state index in [2.05, 4.69) is 20.7 Å². The number of nitrogens with two attached hydrogens (primary N) is 1. The largest absolute Gasteiger partial charge is 0.469 e. The highest BCUT2D eigenvalue weighted by Gasteiger charge is 2.09. The number of hydrogen-bond acceptors (Lipinski definition) is 4. The van der Waals surface area contributed by atoms with E-state index in [0.29, 0.717) is 12.8 Å². The van der Waals surface area contributed by atoms with Crippen LogP contribution in [-0.2, 0) is 16.0 Å². The predicted octanol–water partition coefficient (Wildman–Crippen LogP) is 2.33. The van der Waals surface area contributed by atoms with Gasteiger partial charge in [-0.15, -0.1) is 11.3 Å². The molecule has 0 radical (unpaired) electrons. The normalized spacial score (nSPS) is 12.5. The molecule has 0 aliphatic carbocycles. The Morgan fingerprint density at radius 3 is 2.93 bits per heavy atom. The Morgan fingerprint density at radius 2 is 2.40 bits per heavy atom. The molecular weight excluding hydrogens is 278 g/mol. The van der Waals surface area contributed by atoms with Crippen LogP contribution in [0.15, 0.2) is 15.9 Å². The van der Waals surface area contributed by atoms with Crippen molar-refractivity contribution in [3.05, 3.63) is 20.8 Å². The first-order valence-electron chi connectivity index (χ1n) is 4.68. The van der Waals surface area contributed by atoms with Crippen molar-refractivity contribution in [3.8, 4) is 0 Å². The van der Waals surface area contributed by atoms with Gasteiger partial charge >= 0.3 is 5.97 Å². The zero-order valence-electron chi connectivity index (χ0n) is 8.53. The van der Waals surface area contributed by atoms with Crippen molar-refractivity contribution < 1.29 is 9.53 Å². The van der Waals surface area contributed by atoms with Crippen LogP contribution in [0.1, 0.15) is 17.7 Å². The molecule has 0 aliphatic heterocycles. The second-order valence-corrected chi connectivity index (χ2v) is 5.83. The Hall–Kier alpha value is -0.390.